The maximum atomic E-state index is 11.7. The van der Waals surface area contributed by atoms with Crippen molar-refractivity contribution in [2.24, 2.45) is 0 Å². The quantitative estimate of drug-likeness (QED) is 0.822. The minimum absolute atomic E-state index is 0.0776. The van der Waals surface area contributed by atoms with Gasteiger partial charge in [0.25, 0.3) is 0 Å². The zero-order chi connectivity index (χ0) is 11.7. The van der Waals surface area contributed by atoms with Crippen LogP contribution in [0.3, 0.4) is 0 Å². The van der Waals surface area contributed by atoms with Crippen LogP contribution in [0.1, 0.15) is 25.5 Å². The van der Waals surface area contributed by atoms with Gasteiger partial charge < -0.3 is 10.1 Å². The van der Waals surface area contributed by atoms with Crippen LogP contribution in [0.4, 0.5) is 0 Å². The molecular formula is C12H16N2O2. The number of benzene rings is 1. The third-order valence-electron chi connectivity index (χ3n) is 2.70. The predicted octanol–water partition coefficient (Wildman–Crippen LogP) is 1.45. The van der Waals surface area contributed by atoms with Gasteiger partial charge in [0.1, 0.15) is 0 Å². The second-order valence-electron chi connectivity index (χ2n) is 4.22. The molecule has 4 nitrogen and oxygen atoms in total. The summed E-state index contributed by atoms with van der Waals surface area (Å²) in [5.41, 5.74) is 2.71. The van der Waals surface area contributed by atoms with Gasteiger partial charge >= 0.3 is 5.69 Å². The van der Waals surface area contributed by atoms with Crippen LogP contribution in [0.5, 0.6) is 0 Å². The van der Waals surface area contributed by atoms with E-state index in [4.69, 9.17) is 5.11 Å². The number of imidazole rings is 1. The molecule has 0 radical (unpaired) electrons. The Morgan fingerprint density at radius 3 is 2.81 bits per heavy atom. The van der Waals surface area contributed by atoms with E-state index in [-0.39, 0.29) is 18.3 Å². The molecule has 0 atom stereocenters. The van der Waals surface area contributed by atoms with E-state index in [9.17, 15) is 4.79 Å². The number of nitrogens with zero attached hydrogens (tertiary/aromatic N) is 1. The molecule has 0 aliphatic heterocycles. The topological polar surface area (TPSA) is 58.0 Å². The fraction of sp³-hybridized carbons (Fsp3) is 0.417. The normalized spacial score (nSPS) is 11.5. The van der Waals surface area contributed by atoms with E-state index in [0.717, 1.165) is 16.6 Å². The molecule has 0 saturated heterocycles. The highest BCUT2D eigenvalue weighted by molar-refractivity contribution is 5.76. The van der Waals surface area contributed by atoms with Crippen molar-refractivity contribution >= 4 is 11.0 Å². The molecule has 0 aliphatic rings. The molecule has 0 fully saturated rings. The summed E-state index contributed by atoms with van der Waals surface area (Å²) >= 11 is 0. The first-order valence-corrected chi connectivity index (χ1v) is 5.47. The molecular weight excluding hydrogens is 204 g/mol. The molecule has 0 bridgehead atoms. The maximum Gasteiger partial charge on any atom is 0.326 e. The zero-order valence-corrected chi connectivity index (χ0v) is 9.53. The Morgan fingerprint density at radius 2 is 2.19 bits per heavy atom. The van der Waals surface area contributed by atoms with E-state index in [2.05, 4.69) is 4.98 Å². The first kappa shape index (κ1) is 11.0. The van der Waals surface area contributed by atoms with Crippen LogP contribution in [0, 0.1) is 0 Å². The monoisotopic (exact) mass is 220 g/mol. The van der Waals surface area contributed by atoms with Gasteiger partial charge in [-0.1, -0.05) is 6.07 Å². The van der Waals surface area contributed by atoms with Crippen LogP contribution in [0.15, 0.2) is 23.0 Å². The second-order valence-corrected chi connectivity index (χ2v) is 4.22. The van der Waals surface area contributed by atoms with Gasteiger partial charge in [0.2, 0.25) is 0 Å². The fourth-order valence-electron chi connectivity index (χ4n) is 1.98. The number of hydrogen-bond acceptors (Lipinski definition) is 2. The Balaban J connectivity index is 2.61. The number of aliphatic hydroxyl groups is 1. The summed E-state index contributed by atoms with van der Waals surface area (Å²) in [7, 11) is 0. The van der Waals surface area contributed by atoms with Crippen LogP contribution in [-0.2, 0) is 6.42 Å². The third kappa shape index (κ3) is 1.76. The van der Waals surface area contributed by atoms with Crippen molar-refractivity contribution in [1.82, 2.24) is 9.55 Å². The van der Waals surface area contributed by atoms with E-state index < -0.39 is 0 Å². The Labute approximate surface area is 93.5 Å². The second kappa shape index (κ2) is 4.14. The molecule has 0 spiro atoms. The summed E-state index contributed by atoms with van der Waals surface area (Å²) in [6.45, 7) is 4.09. The van der Waals surface area contributed by atoms with E-state index in [1.807, 2.05) is 32.0 Å². The van der Waals surface area contributed by atoms with Crippen LogP contribution >= 0.6 is 0 Å². The molecule has 0 amide bonds. The van der Waals surface area contributed by atoms with Crippen molar-refractivity contribution in [2.75, 3.05) is 6.61 Å². The first-order chi connectivity index (χ1) is 7.63. The summed E-state index contributed by atoms with van der Waals surface area (Å²) < 4.78 is 1.73. The number of H-pyrrole nitrogens is 1. The minimum Gasteiger partial charge on any atom is -0.396 e. The Hall–Kier alpha value is -1.55. The average molecular weight is 220 g/mol. The van der Waals surface area contributed by atoms with Crippen molar-refractivity contribution in [3.05, 3.63) is 34.2 Å². The zero-order valence-electron chi connectivity index (χ0n) is 9.53. The van der Waals surface area contributed by atoms with E-state index in [0.29, 0.717) is 6.42 Å². The fourth-order valence-corrected chi connectivity index (χ4v) is 1.98. The van der Waals surface area contributed by atoms with E-state index >= 15 is 0 Å². The highest BCUT2D eigenvalue weighted by Crippen LogP contribution is 2.16. The molecule has 1 aromatic heterocycles. The molecule has 0 unspecified atom stereocenters. The van der Waals surface area contributed by atoms with Crippen molar-refractivity contribution < 1.29 is 5.11 Å². The van der Waals surface area contributed by atoms with Gasteiger partial charge in [-0.2, -0.15) is 0 Å². The van der Waals surface area contributed by atoms with Crippen LogP contribution in [-0.4, -0.2) is 21.3 Å². The molecule has 2 N–H and O–H groups in total. The predicted molar refractivity (Wildman–Crippen MR) is 63.7 cm³/mol. The van der Waals surface area contributed by atoms with Gasteiger partial charge in [0.15, 0.2) is 0 Å². The number of aliphatic hydroxyl groups excluding tert-OH is 1. The van der Waals surface area contributed by atoms with Gasteiger partial charge in [-0.25, -0.2) is 4.79 Å². The maximum absolute atomic E-state index is 11.7. The molecule has 2 aromatic rings. The van der Waals surface area contributed by atoms with Crippen molar-refractivity contribution in [3.8, 4) is 0 Å². The van der Waals surface area contributed by atoms with Gasteiger partial charge in [0, 0.05) is 12.6 Å². The lowest BCUT2D eigenvalue weighted by Crippen LogP contribution is -2.18. The number of aromatic amines is 1. The number of nitrogens with one attached hydrogen (secondary N) is 1. The minimum atomic E-state index is -0.0776. The molecule has 4 heteroatoms. The largest absolute Gasteiger partial charge is 0.396 e. The molecule has 1 aromatic carbocycles. The van der Waals surface area contributed by atoms with E-state index in [1.54, 1.807) is 4.57 Å². The summed E-state index contributed by atoms with van der Waals surface area (Å²) in [5.74, 6) is 0. The number of fused-ring (bicyclic) bond motifs is 1. The van der Waals surface area contributed by atoms with Gasteiger partial charge in [0.05, 0.1) is 11.0 Å². The summed E-state index contributed by atoms with van der Waals surface area (Å²) in [4.78, 5) is 14.5. The average Bonchev–Trinajstić information content (AvgIpc) is 2.53. The van der Waals surface area contributed by atoms with Crippen molar-refractivity contribution in [1.29, 1.82) is 0 Å². The molecule has 16 heavy (non-hydrogen) atoms. The van der Waals surface area contributed by atoms with Crippen LogP contribution in [0.2, 0.25) is 0 Å². The molecule has 0 aliphatic carbocycles. The summed E-state index contributed by atoms with van der Waals surface area (Å²) in [6, 6.07) is 5.94. The molecule has 1 heterocycles. The number of hydrogen-bond donors (Lipinski definition) is 2. The highest BCUT2D eigenvalue weighted by Gasteiger charge is 2.09. The van der Waals surface area contributed by atoms with Crippen molar-refractivity contribution in [2.45, 2.75) is 26.3 Å². The summed E-state index contributed by atoms with van der Waals surface area (Å²) in [5, 5.41) is 8.86. The van der Waals surface area contributed by atoms with Crippen molar-refractivity contribution in [3.63, 3.8) is 0 Å². The number of aromatic nitrogens is 2. The standard InChI is InChI=1S/C12H16N2O2/c1-8(2)14-11-4-3-9(5-6-15)7-10(11)13-12(14)16/h3-4,7-8,15H,5-6H2,1-2H3,(H,13,16). The summed E-state index contributed by atoms with van der Waals surface area (Å²) in [6.07, 6.45) is 0.616. The van der Waals surface area contributed by atoms with Gasteiger partial charge in [-0.05, 0) is 38.0 Å². The van der Waals surface area contributed by atoms with Gasteiger partial charge in [-0.3, -0.25) is 4.57 Å². The smallest absolute Gasteiger partial charge is 0.326 e. The number of rotatable bonds is 3. The third-order valence-corrected chi connectivity index (χ3v) is 2.70. The highest BCUT2D eigenvalue weighted by atomic mass is 16.2. The lowest BCUT2D eigenvalue weighted by Gasteiger charge is -2.06. The molecule has 2 rings (SSSR count). The molecule has 0 saturated carbocycles. The molecule has 86 valence electrons. The SMILES string of the molecule is CC(C)n1c(=O)[nH]c2cc(CCO)ccc21. The Bertz CT molecular complexity index is 552. The Kier molecular flexibility index (Phi) is 2.83. The van der Waals surface area contributed by atoms with Crippen LogP contribution < -0.4 is 5.69 Å². The lowest BCUT2D eigenvalue weighted by atomic mass is 10.1. The Morgan fingerprint density at radius 1 is 1.44 bits per heavy atom. The lowest BCUT2D eigenvalue weighted by molar-refractivity contribution is 0.299. The first-order valence-electron chi connectivity index (χ1n) is 5.47. The van der Waals surface area contributed by atoms with E-state index in [1.165, 1.54) is 0 Å². The van der Waals surface area contributed by atoms with Crippen LogP contribution in [0.25, 0.3) is 11.0 Å². The van der Waals surface area contributed by atoms with Gasteiger partial charge in [-0.15, -0.1) is 0 Å².